The van der Waals surface area contributed by atoms with Gasteiger partial charge in [-0.05, 0) is 32.3 Å². The summed E-state index contributed by atoms with van der Waals surface area (Å²) in [5.41, 5.74) is 1.51. The van der Waals surface area contributed by atoms with E-state index in [9.17, 15) is 4.79 Å². The predicted molar refractivity (Wildman–Crippen MR) is 66.1 cm³/mol. The summed E-state index contributed by atoms with van der Waals surface area (Å²) < 4.78 is 5.31. The van der Waals surface area contributed by atoms with Crippen molar-refractivity contribution in [3.63, 3.8) is 0 Å². The van der Waals surface area contributed by atoms with Crippen LogP contribution in [0.2, 0.25) is 0 Å². The van der Waals surface area contributed by atoms with Gasteiger partial charge in [-0.3, -0.25) is 4.79 Å². The van der Waals surface area contributed by atoms with Crippen molar-refractivity contribution in [1.29, 1.82) is 5.26 Å². The second-order valence-electron chi connectivity index (χ2n) is 4.09. The molecular weight excluding hydrogens is 236 g/mol. The van der Waals surface area contributed by atoms with Crippen molar-refractivity contribution in [1.82, 2.24) is 0 Å². The second-order valence-corrected chi connectivity index (χ2v) is 5.31. The number of carbonyl (C=O) groups excluding carboxylic acids is 1. The molecule has 1 N–H and O–H groups in total. The Balaban J connectivity index is 2.16. The summed E-state index contributed by atoms with van der Waals surface area (Å²) in [6.07, 6.45) is 1.33. The zero-order valence-electron chi connectivity index (χ0n) is 9.87. The lowest BCUT2D eigenvalue weighted by Crippen LogP contribution is -2.26. The summed E-state index contributed by atoms with van der Waals surface area (Å²) in [5.74, 6) is -0.139. The van der Waals surface area contributed by atoms with Crippen molar-refractivity contribution in [2.75, 3.05) is 11.9 Å². The molecule has 0 aromatic carbocycles. The smallest absolute Gasteiger partial charge is 0.254 e. The van der Waals surface area contributed by atoms with Crippen LogP contribution in [0.4, 0.5) is 5.00 Å². The maximum atomic E-state index is 11.9. The number of rotatable bonds is 2. The average molecular weight is 250 g/mol. The SMILES string of the molecule is Cc1sc(NC(=O)C2CCCO2)c(C#N)c1C. The normalized spacial score (nSPS) is 19.0. The first-order chi connectivity index (χ1) is 8.13. The van der Waals surface area contributed by atoms with Gasteiger partial charge in [-0.2, -0.15) is 5.26 Å². The molecule has 1 atom stereocenters. The van der Waals surface area contributed by atoms with E-state index in [-0.39, 0.29) is 12.0 Å². The van der Waals surface area contributed by atoms with Gasteiger partial charge in [-0.25, -0.2) is 0 Å². The summed E-state index contributed by atoms with van der Waals surface area (Å²) in [6, 6.07) is 2.14. The van der Waals surface area contributed by atoms with Crippen LogP contribution >= 0.6 is 11.3 Å². The van der Waals surface area contributed by atoms with E-state index >= 15 is 0 Å². The van der Waals surface area contributed by atoms with Crippen LogP contribution in [0.1, 0.15) is 28.8 Å². The Labute approximate surface area is 104 Å². The lowest BCUT2D eigenvalue weighted by atomic mass is 10.2. The number of hydrogen-bond acceptors (Lipinski definition) is 4. The van der Waals surface area contributed by atoms with Crippen molar-refractivity contribution in [3.05, 3.63) is 16.0 Å². The van der Waals surface area contributed by atoms with Crippen LogP contribution in [-0.4, -0.2) is 18.6 Å². The Morgan fingerprint density at radius 3 is 2.94 bits per heavy atom. The van der Waals surface area contributed by atoms with Gasteiger partial charge in [0.2, 0.25) is 0 Å². The van der Waals surface area contributed by atoms with Crippen LogP contribution in [-0.2, 0) is 9.53 Å². The highest BCUT2D eigenvalue weighted by atomic mass is 32.1. The predicted octanol–water partition coefficient (Wildman–Crippen LogP) is 2.35. The Morgan fingerprint density at radius 1 is 1.59 bits per heavy atom. The van der Waals surface area contributed by atoms with Crippen LogP contribution in [0.15, 0.2) is 0 Å². The van der Waals surface area contributed by atoms with E-state index in [1.54, 1.807) is 0 Å². The first-order valence-corrected chi connectivity index (χ1v) is 6.37. The highest BCUT2D eigenvalue weighted by Crippen LogP contribution is 2.32. The fraction of sp³-hybridized carbons (Fsp3) is 0.500. The number of nitrogens with zero attached hydrogens (tertiary/aromatic N) is 1. The fourth-order valence-electron chi connectivity index (χ4n) is 1.83. The lowest BCUT2D eigenvalue weighted by Gasteiger charge is -2.08. The minimum Gasteiger partial charge on any atom is -0.368 e. The molecule has 90 valence electrons. The number of hydrogen-bond donors (Lipinski definition) is 1. The van der Waals surface area contributed by atoms with Gasteiger partial charge < -0.3 is 10.1 Å². The van der Waals surface area contributed by atoms with E-state index in [1.165, 1.54) is 11.3 Å². The molecule has 0 aliphatic carbocycles. The summed E-state index contributed by atoms with van der Waals surface area (Å²) >= 11 is 1.44. The van der Waals surface area contributed by atoms with Crippen LogP contribution in [0, 0.1) is 25.2 Å². The average Bonchev–Trinajstić information content (AvgIpc) is 2.89. The number of nitrogens with one attached hydrogen (secondary N) is 1. The molecule has 1 aliphatic heterocycles. The number of amides is 1. The Bertz CT molecular complexity index is 481. The van der Waals surface area contributed by atoms with E-state index < -0.39 is 0 Å². The van der Waals surface area contributed by atoms with Gasteiger partial charge in [-0.1, -0.05) is 0 Å². The van der Waals surface area contributed by atoms with Crippen molar-refractivity contribution in [2.24, 2.45) is 0 Å². The molecule has 1 fully saturated rings. The maximum Gasteiger partial charge on any atom is 0.254 e. The third kappa shape index (κ3) is 2.33. The molecule has 1 aliphatic rings. The van der Waals surface area contributed by atoms with Crippen LogP contribution in [0.25, 0.3) is 0 Å². The number of ether oxygens (including phenoxy) is 1. The van der Waals surface area contributed by atoms with Gasteiger partial charge in [-0.15, -0.1) is 11.3 Å². The summed E-state index contributed by atoms with van der Waals surface area (Å²) in [4.78, 5) is 12.9. The molecule has 2 heterocycles. The van der Waals surface area contributed by atoms with Gasteiger partial charge >= 0.3 is 0 Å². The van der Waals surface area contributed by atoms with Gasteiger partial charge in [0.25, 0.3) is 5.91 Å². The zero-order valence-corrected chi connectivity index (χ0v) is 10.7. The zero-order chi connectivity index (χ0) is 12.4. The summed E-state index contributed by atoms with van der Waals surface area (Å²) in [7, 11) is 0. The number of aryl methyl sites for hydroxylation is 1. The molecule has 0 bridgehead atoms. The topological polar surface area (TPSA) is 62.1 Å². The monoisotopic (exact) mass is 250 g/mol. The van der Waals surface area contributed by atoms with Crippen molar-refractivity contribution < 1.29 is 9.53 Å². The molecule has 17 heavy (non-hydrogen) atoms. The minimum atomic E-state index is -0.357. The maximum absolute atomic E-state index is 11.9. The van der Waals surface area contributed by atoms with Crippen LogP contribution in [0.5, 0.6) is 0 Å². The molecule has 1 aromatic rings. The molecule has 4 nitrogen and oxygen atoms in total. The van der Waals surface area contributed by atoms with Gasteiger partial charge in [0, 0.05) is 11.5 Å². The van der Waals surface area contributed by atoms with Gasteiger partial charge in [0.15, 0.2) is 0 Å². The third-order valence-electron chi connectivity index (χ3n) is 2.96. The molecule has 1 saturated heterocycles. The van der Waals surface area contributed by atoms with E-state index in [4.69, 9.17) is 10.00 Å². The van der Waals surface area contributed by atoms with E-state index in [0.29, 0.717) is 17.2 Å². The Hall–Kier alpha value is -1.38. The largest absolute Gasteiger partial charge is 0.368 e. The highest BCUT2D eigenvalue weighted by molar-refractivity contribution is 7.16. The standard InChI is InChI=1S/C12H14N2O2S/c1-7-8(2)17-12(9(7)6-13)14-11(15)10-4-3-5-16-10/h10H,3-5H2,1-2H3,(H,14,15). The molecule has 1 amide bonds. The number of anilines is 1. The molecule has 0 radical (unpaired) electrons. The number of thiophene rings is 1. The quantitative estimate of drug-likeness (QED) is 0.876. The number of nitriles is 1. The van der Waals surface area contributed by atoms with Crippen LogP contribution < -0.4 is 5.32 Å². The van der Waals surface area contributed by atoms with E-state index in [2.05, 4.69) is 11.4 Å². The second kappa shape index (κ2) is 4.86. The molecule has 2 rings (SSSR count). The third-order valence-corrected chi connectivity index (χ3v) is 4.08. The highest BCUT2D eigenvalue weighted by Gasteiger charge is 2.25. The first-order valence-electron chi connectivity index (χ1n) is 5.56. The van der Waals surface area contributed by atoms with Gasteiger partial charge in [0.05, 0.1) is 5.56 Å². The van der Waals surface area contributed by atoms with E-state index in [0.717, 1.165) is 23.3 Å². The van der Waals surface area contributed by atoms with Crippen molar-refractivity contribution >= 4 is 22.2 Å². The summed E-state index contributed by atoms with van der Waals surface area (Å²) in [6.45, 7) is 4.49. The molecular formula is C12H14N2O2S. The Kier molecular flexibility index (Phi) is 3.46. The molecule has 0 saturated carbocycles. The van der Waals surface area contributed by atoms with Gasteiger partial charge in [0.1, 0.15) is 17.2 Å². The first kappa shape index (κ1) is 12.1. The van der Waals surface area contributed by atoms with Crippen molar-refractivity contribution in [2.45, 2.75) is 32.8 Å². The molecule has 0 spiro atoms. The lowest BCUT2D eigenvalue weighted by molar-refractivity contribution is -0.124. The van der Waals surface area contributed by atoms with E-state index in [1.807, 2.05) is 13.8 Å². The van der Waals surface area contributed by atoms with Crippen LogP contribution in [0.3, 0.4) is 0 Å². The summed E-state index contributed by atoms with van der Waals surface area (Å²) in [5, 5.41) is 12.5. The Morgan fingerprint density at radius 2 is 2.35 bits per heavy atom. The molecule has 1 unspecified atom stereocenters. The van der Waals surface area contributed by atoms with Crippen molar-refractivity contribution in [3.8, 4) is 6.07 Å². The number of carbonyl (C=O) groups is 1. The fourth-order valence-corrected chi connectivity index (χ4v) is 2.84. The minimum absolute atomic E-state index is 0.139. The molecule has 1 aromatic heterocycles. The molecule has 5 heteroatoms.